The Morgan fingerprint density at radius 3 is 3.00 bits per heavy atom. The van der Waals surface area contributed by atoms with Gasteiger partial charge in [-0.25, -0.2) is 4.98 Å². The summed E-state index contributed by atoms with van der Waals surface area (Å²) in [7, 11) is 0. The largest absolute Gasteiger partial charge is 0.379 e. The van der Waals surface area contributed by atoms with Crippen LogP contribution >= 0.6 is 11.6 Å². The Morgan fingerprint density at radius 1 is 1.37 bits per heavy atom. The summed E-state index contributed by atoms with van der Waals surface area (Å²) in [5.41, 5.74) is 0.750. The summed E-state index contributed by atoms with van der Waals surface area (Å²) in [6, 6.07) is 4.69. The summed E-state index contributed by atoms with van der Waals surface area (Å²) in [6.45, 7) is 1.57. The minimum absolute atomic E-state index is 0.0981. The van der Waals surface area contributed by atoms with Crippen molar-refractivity contribution in [1.29, 1.82) is 0 Å². The van der Waals surface area contributed by atoms with Gasteiger partial charge in [0, 0.05) is 12.0 Å². The maximum absolute atomic E-state index is 12.4. The van der Waals surface area contributed by atoms with E-state index in [2.05, 4.69) is 4.98 Å². The minimum Gasteiger partial charge on any atom is -0.379 e. The van der Waals surface area contributed by atoms with Crippen molar-refractivity contribution < 1.29 is 9.53 Å². The highest BCUT2D eigenvalue weighted by atomic mass is 35.5. The van der Waals surface area contributed by atoms with Gasteiger partial charge in [-0.15, -0.1) is 0 Å². The fourth-order valence-electron chi connectivity index (χ4n) is 2.23. The van der Waals surface area contributed by atoms with Crippen molar-refractivity contribution in [3.8, 4) is 0 Å². The zero-order chi connectivity index (χ0) is 13.4. The lowest BCUT2D eigenvalue weighted by molar-refractivity contribution is 0.108. The Hall–Kier alpha value is -1.72. The molecule has 0 N–H and O–H groups in total. The number of ether oxygens (including phenoxy) is 1. The second-order valence-corrected chi connectivity index (χ2v) is 4.70. The number of aromatic nitrogens is 2. The molecule has 0 atom stereocenters. The molecule has 19 heavy (non-hydrogen) atoms. The molecule has 0 radical (unpaired) electrons. The summed E-state index contributed by atoms with van der Waals surface area (Å²) in [6.07, 6.45) is 0.588. The average Bonchev–Trinajstić information content (AvgIpc) is 2.63. The smallest absolute Gasteiger partial charge is 0.261 e. The maximum atomic E-state index is 12.4. The van der Waals surface area contributed by atoms with Gasteiger partial charge in [-0.05, 0) is 29.8 Å². The number of hydrogen-bond acceptors (Lipinski definition) is 4. The molecule has 5 nitrogen and oxygen atoms in total. The quantitative estimate of drug-likeness (QED) is 0.739. The van der Waals surface area contributed by atoms with Crippen molar-refractivity contribution in [2.75, 3.05) is 13.2 Å². The Labute approximate surface area is 113 Å². The summed E-state index contributed by atoms with van der Waals surface area (Å²) < 4.78 is 6.98. The van der Waals surface area contributed by atoms with Crippen LogP contribution in [0, 0.1) is 0 Å². The van der Waals surface area contributed by atoms with Gasteiger partial charge in [-0.2, -0.15) is 0 Å². The number of nitrogens with zero attached hydrogens (tertiary/aromatic N) is 2. The zero-order valence-electron chi connectivity index (χ0n) is 10.1. The molecule has 2 aromatic rings. The van der Waals surface area contributed by atoms with E-state index in [9.17, 15) is 9.59 Å². The normalized spacial score (nSPS) is 15.0. The first kappa shape index (κ1) is 12.3. The van der Waals surface area contributed by atoms with Crippen molar-refractivity contribution in [3.05, 3.63) is 39.9 Å². The standard InChI is InChI=1S/C13H11ClN2O3/c14-12(17)8-1-2-9-10(7-8)15-11-3-5-19-6-4-16(11)13(9)18/h1-2,7H,3-6H2. The Morgan fingerprint density at radius 2 is 2.21 bits per heavy atom. The highest BCUT2D eigenvalue weighted by Gasteiger charge is 2.14. The molecule has 3 rings (SSSR count). The number of fused-ring (bicyclic) bond motifs is 2. The van der Waals surface area contributed by atoms with Crippen LogP contribution in [0.3, 0.4) is 0 Å². The molecule has 1 aliphatic heterocycles. The highest BCUT2D eigenvalue weighted by Crippen LogP contribution is 2.14. The van der Waals surface area contributed by atoms with Gasteiger partial charge in [-0.1, -0.05) is 0 Å². The number of benzene rings is 1. The molecule has 1 aromatic carbocycles. The zero-order valence-corrected chi connectivity index (χ0v) is 10.8. The maximum Gasteiger partial charge on any atom is 0.261 e. The molecule has 0 aliphatic carbocycles. The van der Waals surface area contributed by atoms with Crippen LogP contribution in [0.4, 0.5) is 0 Å². The SMILES string of the molecule is O=C(Cl)c1ccc2c(=O)n3c(nc2c1)CCOCC3. The van der Waals surface area contributed by atoms with E-state index in [0.717, 1.165) is 0 Å². The van der Waals surface area contributed by atoms with Gasteiger partial charge in [0.25, 0.3) is 10.8 Å². The number of halogens is 1. The first-order valence-electron chi connectivity index (χ1n) is 5.98. The van der Waals surface area contributed by atoms with Gasteiger partial charge in [0.15, 0.2) is 0 Å². The average molecular weight is 279 g/mol. The first-order chi connectivity index (χ1) is 9.16. The molecule has 0 bridgehead atoms. The molecule has 0 saturated heterocycles. The van der Waals surface area contributed by atoms with Crippen molar-refractivity contribution >= 4 is 27.7 Å². The third kappa shape index (κ3) is 2.15. The predicted octanol–water partition coefficient (Wildman–Crippen LogP) is 1.35. The van der Waals surface area contributed by atoms with Crippen LogP contribution in [-0.2, 0) is 17.7 Å². The summed E-state index contributed by atoms with van der Waals surface area (Å²) in [5, 5.41) is -0.0607. The Balaban J connectivity index is 2.28. The fourth-order valence-corrected chi connectivity index (χ4v) is 2.35. The molecular formula is C13H11ClN2O3. The number of carbonyl (C=O) groups excluding carboxylic acids is 1. The van der Waals surface area contributed by atoms with Crippen LogP contribution in [-0.4, -0.2) is 28.0 Å². The van der Waals surface area contributed by atoms with Gasteiger partial charge in [0.2, 0.25) is 0 Å². The van der Waals surface area contributed by atoms with Crippen molar-refractivity contribution in [3.63, 3.8) is 0 Å². The lowest BCUT2D eigenvalue weighted by Gasteiger charge is -2.09. The van der Waals surface area contributed by atoms with E-state index < -0.39 is 5.24 Å². The molecule has 6 heteroatoms. The van der Waals surface area contributed by atoms with Gasteiger partial charge < -0.3 is 4.74 Å². The summed E-state index contributed by atoms with van der Waals surface area (Å²) in [4.78, 5) is 28.0. The van der Waals surface area contributed by atoms with Crippen molar-refractivity contribution in [2.24, 2.45) is 0 Å². The van der Waals surface area contributed by atoms with Crippen molar-refractivity contribution in [1.82, 2.24) is 9.55 Å². The Kier molecular flexibility index (Phi) is 3.08. The van der Waals surface area contributed by atoms with Crippen LogP contribution < -0.4 is 5.56 Å². The fraction of sp³-hybridized carbons (Fsp3) is 0.308. The van der Waals surface area contributed by atoms with Gasteiger partial charge in [0.05, 0.1) is 30.7 Å². The van der Waals surface area contributed by atoms with E-state index >= 15 is 0 Å². The molecule has 98 valence electrons. The number of hydrogen-bond donors (Lipinski definition) is 0. The Bertz CT molecular complexity index is 724. The van der Waals surface area contributed by atoms with Gasteiger partial charge in [-0.3, -0.25) is 14.2 Å². The molecule has 0 amide bonds. The predicted molar refractivity (Wildman–Crippen MR) is 70.7 cm³/mol. The van der Waals surface area contributed by atoms with Crippen LogP contribution in [0.5, 0.6) is 0 Å². The first-order valence-corrected chi connectivity index (χ1v) is 6.35. The minimum atomic E-state index is -0.554. The molecular weight excluding hydrogens is 268 g/mol. The molecule has 0 unspecified atom stereocenters. The number of carbonyl (C=O) groups is 1. The molecule has 1 aliphatic rings. The molecule has 0 fully saturated rings. The lowest BCUT2D eigenvalue weighted by atomic mass is 10.1. The van der Waals surface area contributed by atoms with Gasteiger partial charge in [0.1, 0.15) is 5.82 Å². The van der Waals surface area contributed by atoms with Crippen LogP contribution in [0.25, 0.3) is 10.9 Å². The number of rotatable bonds is 1. The second-order valence-electron chi connectivity index (χ2n) is 4.35. The van der Waals surface area contributed by atoms with Crippen LogP contribution in [0.15, 0.2) is 23.0 Å². The third-order valence-electron chi connectivity index (χ3n) is 3.19. The van der Waals surface area contributed by atoms with E-state index in [4.69, 9.17) is 16.3 Å². The molecule has 1 aromatic heterocycles. The lowest BCUT2D eigenvalue weighted by Crippen LogP contribution is -2.25. The van der Waals surface area contributed by atoms with Crippen LogP contribution in [0.2, 0.25) is 0 Å². The van der Waals surface area contributed by atoms with Crippen molar-refractivity contribution in [2.45, 2.75) is 13.0 Å². The molecule has 0 saturated carbocycles. The monoisotopic (exact) mass is 278 g/mol. The molecule has 2 heterocycles. The van der Waals surface area contributed by atoms with Gasteiger partial charge >= 0.3 is 0 Å². The van der Waals surface area contributed by atoms with E-state index in [1.165, 1.54) is 0 Å². The van der Waals surface area contributed by atoms with E-state index in [-0.39, 0.29) is 5.56 Å². The van der Waals surface area contributed by atoms with E-state index in [1.54, 1.807) is 22.8 Å². The molecule has 0 spiro atoms. The van der Waals surface area contributed by atoms with Crippen LogP contribution in [0.1, 0.15) is 16.2 Å². The highest BCUT2D eigenvalue weighted by molar-refractivity contribution is 6.67. The summed E-state index contributed by atoms with van der Waals surface area (Å²) >= 11 is 5.44. The second kappa shape index (κ2) is 4.75. The topological polar surface area (TPSA) is 61.2 Å². The van der Waals surface area contributed by atoms with E-state index in [1.807, 2.05) is 0 Å². The van der Waals surface area contributed by atoms with E-state index in [0.29, 0.717) is 48.5 Å². The summed E-state index contributed by atoms with van der Waals surface area (Å²) in [5.74, 6) is 0.689. The third-order valence-corrected chi connectivity index (χ3v) is 3.41.